The summed E-state index contributed by atoms with van der Waals surface area (Å²) in [5, 5.41) is 16.3. The molecule has 0 saturated carbocycles. The second kappa shape index (κ2) is 8.74. The van der Waals surface area contributed by atoms with Gasteiger partial charge in [-0.1, -0.05) is 12.1 Å². The van der Waals surface area contributed by atoms with Crippen LogP contribution in [0.1, 0.15) is 35.4 Å². The summed E-state index contributed by atoms with van der Waals surface area (Å²) in [7, 11) is 0. The lowest BCUT2D eigenvalue weighted by Gasteiger charge is -2.16. The fourth-order valence-electron chi connectivity index (χ4n) is 3.48. The lowest BCUT2D eigenvalue weighted by molar-refractivity contribution is -0.115. The van der Waals surface area contributed by atoms with E-state index in [-0.39, 0.29) is 12.3 Å². The van der Waals surface area contributed by atoms with Crippen LogP contribution in [0.4, 0.5) is 11.6 Å². The van der Waals surface area contributed by atoms with Crippen molar-refractivity contribution in [1.29, 1.82) is 5.26 Å². The Kier molecular flexibility index (Phi) is 5.70. The molecule has 4 rings (SSSR count). The smallest absolute Gasteiger partial charge is 0.230 e. The Labute approximate surface area is 175 Å². The van der Waals surface area contributed by atoms with Gasteiger partial charge in [-0.05, 0) is 43.0 Å². The third-order valence-corrected chi connectivity index (χ3v) is 5.10. The number of rotatable bonds is 6. The summed E-state index contributed by atoms with van der Waals surface area (Å²) >= 11 is 0. The molecule has 0 aromatic carbocycles. The molecule has 0 aliphatic carbocycles. The molecular formula is C22H23N7O. The molecule has 8 heteroatoms. The zero-order valence-corrected chi connectivity index (χ0v) is 16.9. The first-order valence-electron chi connectivity index (χ1n) is 10.0. The van der Waals surface area contributed by atoms with Gasteiger partial charge in [-0.2, -0.15) is 10.4 Å². The number of pyridine rings is 2. The van der Waals surface area contributed by atoms with Crippen LogP contribution in [0.25, 0.3) is 0 Å². The number of hydrogen-bond donors (Lipinski definition) is 1. The molecule has 0 atom stereocenters. The lowest BCUT2D eigenvalue weighted by atomic mass is 10.2. The van der Waals surface area contributed by atoms with Crippen LogP contribution in [0.2, 0.25) is 0 Å². The van der Waals surface area contributed by atoms with Gasteiger partial charge < -0.3 is 10.2 Å². The number of amides is 1. The lowest BCUT2D eigenvalue weighted by Crippen LogP contribution is -2.19. The topological polar surface area (TPSA) is 99.7 Å². The first kappa shape index (κ1) is 19.6. The average molecular weight is 401 g/mol. The van der Waals surface area contributed by atoms with Crippen LogP contribution < -0.4 is 10.2 Å². The van der Waals surface area contributed by atoms with E-state index in [0.717, 1.165) is 35.7 Å². The number of aryl methyl sites for hydroxylation is 1. The van der Waals surface area contributed by atoms with Crippen molar-refractivity contribution < 1.29 is 4.79 Å². The van der Waals surface area contributed by atoms with Crippen molar-refractivity contribution in [3.63, 3.8) is 0 Å². The predicted octanol–water partition coefficient (Wildman–Crippen LogP) is 2.68. The molecule has 0 spiro atoms. The molecule has 8 nitrogen and oxygen atoms in total. The summed E-state index contributed by atoms with van der Waals surface area (Å²) in [6.45, 7) is 4.37. The van der Waals surface area contributed by atoms with E-state index in [1.54, 1.807) is 23.1 Å². The maximum Gasteiger partial charge on any atom is 0.230 e. The molecule has 1 amide bonds. The Morgan fingerprint density at radius 3 is 2.77 bits per heavy atom. The number of hydrogen-bond acceptors (Lipinski definition) is 6. The van der Waals surface area contributed by atoms with E-state index < -0.39 is 0 Å². The zero-order valence-electron chi connectivity index (χ0n) is 16.9. The first-order chi connectivity index (χ1) is 14.6. The SMILES string of the molecule is Cc1ccc(Cn2ccc(NC(=O)Cc3ccc(N4CCCC4)nc3)n2)nc1C#N. The van der Waals surface area contributed by atoms with E-state index in [1.807, 2.05) is 31.2 Å². The number of carbonyl (C=O) groups excluding carboxylic acids is 1. The molecular weight excluding hydrogens is 378 g/mol. The number of nitriles is 1. The molecule has 1 aliphatic heterocycles. The third-order valence-electron chi connectivity index (χ3n) is 5.10. The average Bonchev–Trinajstić information content (AvgIpc) is 3.42. The van der Waals surface area contributed by atoms with E-state index >= 15 is 0 Å². The van der Waals surface area contributed by atoms with E-state index in [4.69, 9.17) is 5.26 Å². The number of aromatic nitrogens is 4. The minimum atomic E-state index is -0.142. The van der Waals surface area contributed by atoms with Crippen LogP contribution in [0.3, 0.4) is 0 Å². The Balaban J connectivity index is 1.33. The second-order valence-corrected chi connectivity index (χ2v) is 7.42. The van der Waals surface area contributed by atoms with Gasteiger partial charge >= 0.3 is 0 Å². The normalized spacial score (nSPS) is 13.3. The largest absolute Gasteiger partial charge is 0.357 e. The van der Waals surface area contributed by atoms with Gasteiger partial charge in [0.05, 0.1) is 18.7 Å². The van der Waals surface area contributed by atoms with Crippen molar-refractivity contribution in [2.75, 3.05) is 23.3 Å². The molecule has 0 bridgehead atoms. The number of nitrogens with zero attached hydrogens (tertiary/aromatic N) is 6. The van der Waals surface area contributed by atoms with Crippen LogP contribution in [-0.4, -0.2) is 38.7 Å². The summed E-state index contributed by atoms with van der Waals surface area (Å²) < 4.78 is 1.68. The zero-order chi connectivity index (χ0) is 20.9. The number of carbonyl (C=O) groups is 1. The van der Waals surface area contributed by atoms with Gasteiger partial charge in [0.1, 0.15) is 17.6 Å². The van der Waals surface area contributed by atoms with Gasteiger partial charge in [-0.3, -0.25) is 9.48 Å². The van der Waals surface area contributed by atoms with Crippen LogP contribution in [-0.2, 0) is 17.8 Å². The molecule has 0 radical (unpaired) electrons. The molecule has 1 N–H and O–H groups in total. The molecule has 0 unspecified atom stereocenters. The summed E-state index contributed by atoms with van der Waals surface area (Å²) in [5.74, 6) is 1.31. The van der Waals surface area contributed by atoms with Crippen molar-refractivity contribution in [3.05, 3.63) is 65.2 Å². The molecule has 152 valence electrons. The van der Waals surface area contributed by atoms with Gasteiger partial charge in [0.2, 0.25) is 5.91 Å². The van der Waals surface area contributed by atoms with Crippen molar-refractivity contribution in [2.45, 2.75) is 32.7 Å². The van der Waals surface area contributed by atoms with Gasteiger partial charge in [-0.25, -0.2) is 9.97 Å². The van der Waals surface area contributed by atoms with Crippen LogP contribution in [0.15, 0.2) is 42.7 Å². The number of anilines is 2. The van der Waals surface area contributed by atoms with Crippen molar-refractivity contribution in [1.82, 2.24) is 19.7 Å². The molecule has 1 saturated heterocycles. The summed E-state index contributed by atoms with van der Waals surface area (Å²) in [4.78, 5) is 23.4. The molecule has 3 aromatic rings. The van der Waals surface area contributed by atoms with Crippen LogP contribution >= 0.6 is 0 Å². The van der Waals surface area contributed by atoms with E-state index in [0.29, 0.717) is 18.1 Å². The summed E-state index contributed by atoms with van der Waals surface area (Å²) in [6.07, 6.45) is 6.19. The van der Waals surface area contributed by atoms with Crippen molar-refractivity contribution >= 4 is 17.5 Å². The highest BCUT2D eigenvalue weighted by atomic mass is 16.1. The van der Waals surface area contributed by atoms with Gasteiger partial charge in [0.15, 0.2) is 5.82 Å². The third kappa shape index (κ3) is 4.63. The Morgan fingerprint density at radius 1 is 1.20 bits per heavy atom. The molecule has 4 heterocycles. The van der Waals surface area contributed by atoms with Crippen LogP contribution in [0.5, 0.6) is 0 Å². The van der Waals surface area contributed by atoms with E-state index in [2.05, 4.69) is 31.4 Å². The summed E-state index contributed by atoms with van der Waals surface area (Å²) in [6, 6.07) is 11.5. The maximum atomic E-state index is 12.4. The monoisotopic (exact) mass is 401 g/mol. The Hall–Kier alpha value is -3.73. The van der Waals surface area contributed by atoms with E-state index in [9.17, 15) is 4.79 Å². The van der Waals surface area contributed by atoms with Crippen LogP contribution in [0, 0.1) is 18.3 Å². The fraction of sp³-hybridized carbons (Fsp3) is 0.318. The summed E-state index contributed by atoms with van der Waals surface area (Å²) in [5.41, 5.74) is 2.86. The van der Waals surface area contributed by atoms with Crippen molar-refractivity contribution in [3.8, 4) is 6.07 Å². The highest BCUT2D eigenvalue weighted by Crippen LogP contribution is 2.18. The fourth-order valence-corrected chi connectivity index (χ4v) is 3.48. The molecule has 30 heavy (non-hydrogen) atoms. The number of nitrogens with one attached hydrogen (secondary N) is 1. The van der Waals surface area contributed by atoms with Gasteiger partial charge in [0.25, 0.3) is 0 Å². The molecule has 1 aliphatic rings. The van der Waals surface area contributed by atoms with Crippen molar-refractivity contribution in [2.24, 2.45) is 0 Å². The molecule has 3 aromatic heterocycles. The van der Waals surface area contributed by atoms with Gasteiger partial charge in [0, 0.05) is 31.5 Å². The standard InChI is InChI=1S/C22H23N7O/c1-16-4-6-18(25-19(16)13-23)15-29-11-8-20(27-29)26-22(30)12-17-5-7-21(24-14-17)28-9-2-3-10-28/h4-8,11,14H,2-3,9-10,12,15H2,1H3,(H,26,27,30). The second-order valence-electron chi connectivity index (χ2n) is 7.42. The first-order valence-corrected chi connectivity index (χ1v) is 10.0. The Bertz CT molecular complexity index is 1080. The minimum Gasteiger partial charge on any atom is -0.357 e. The van der Waals surface area contributed by atoms with Gasteiger partial charge in [-0.15, -0.1) is 0 Å². The quantitative estimate of drug-likeness (QED) is 0.682. The van der Waals surface area contributed by atoms with E-state index in [1.165, 1.54) is 12.8 Å². The maximum absolute atomic E-state index is 12.4. The highest BCUT2D eigenvalue weighted by Gasteiger charge is 2.14. The highest BCUT2D eigenvalue weighted by molar-refractivity contribution is 5.91. The minimum absolute atomic E-state index is 0.142. The predicted molar refractivity (Wildman–Crippen MR) is 113 cm³/mol. The molecule has 1 fully saturated rings. The Morgan fingerprint density at radius 2 is 2.03 bits per heavy atom.